The van der Waals surface area contributed by atoms with Crippen molar-refractivity contribution < 1.29 is 17.9 Å². The van der Waals surface area contributed by atoms with Gasteiger partial charge in [0.1, 0.15) is 4.90 Å². The molecule has 0 aliphatic carbocycles. The number of ether oxygens (including phenoxy) is 1. The van der Waals surface area contributed by atoms with Gasteiger partial charge in [-0.25, -0.2) is 13.6 Å². The zero-order valence-electron chi connectivity index (χ0n) is 11.3. The normalized spacial score (nSPS) is 11.4. The molecule has 1 aromatic carbocycles. The topological polar surface area (TPSA) is 89.7 Å². The molecular weight excluding hydrogens is 304 g/mol. The van der Waals surface area contributed by atoms with Gasteiger partial charge in [-0.2, -0.15) is 0 Å². The summed E-state index contributed by atoms with van der Waals surface area (Å²) in [6.07, 6.45) is 0.689. The lowest BCUT2D eigenvalue weighted by molar-refractivity contribution is 0.0779. The number of amides is 1. The Morgan fingerprint density at radius 2 is 2.10 bits per heavy atom. The summed E-state index contributed by atoms with van der Waals surface area (Å²) >= 11 is 5.77. The summed E-state index contributed by atoms with van der Waals surface area (Å²) in [6.45, 7) is 1.04. The number of rotatable bonds is 6. The maximum Gasteiger partial charge on any atom is 0.253 e. The van der Waals surface area contributed by atoms with Gasteiger partial charge in [0.05, 0.1) is 5.02 Å². The lowest BCUT2D eigenvalue weighted by Crippen LogP contribution is -2.28. The molecule has 0 heterocycles. The molecular formula is C12H17ClN2O4S. The summed E-state index contributed by atoms with van der Waals surface area (Å²) in [4.78, 5) is 13.4. The largest absolute Gasteiger partial charge is 0.385 e. The van der Waals surface area contributed by atoms with E-state index in [0.29, 0.717) is 19.6 Å². The number of nitrogens with two attached hydrogens (primary N) is 1. The van der Waals surface area contributed by atoms with Crippen LogP contribution in [-0.4, -0.2) is 46.5 Å². The Balaban J connectivity index is 2.94. The molecule has 0 fully saturated rings. The Bertz CT molecular complexity index is 589. The number of benzene rings is 1. The number of sulfonamides is 1. The van der Waals surface area contributed by atoms with Crippen LogP contribution in [0.4, 0.5) is 0 Å². The van der Waals surface area contributed by atoms with Crippen molar-refractivity contribution in [1.29, 1.82) is 0 Å². The third-order valence-electron chi connectivity index (χ3n) is 2.67. The fourth-order valence-electron chi connectivity index (χ4n) is 1.62. The molecule has 20 heavy (non-hydrogen) atoms. The molecule has 0 spiro atoms. The molecule has 2 N–H and O–H groups in total. The standard InChI is InChI=1S/C12H17ClN2O4S/c1-15(6-3-7-19-2)12(16)9-4-5-10(13)11(8-9)20(14,17)18/h4-5,8H,3,6-7H2,1-2H3,(H2,14,17,18). The average Bonchev–Trinajstić information content (AvgIpc) is 2.37. The number of carbonyl (C=O) groups excluding carboxylic acids is 1. The Hall–Kier alpha value is -1.15. The number of hydrogen-bond acceptors (Lipinski definition) is 4. The van der Waals surface area contributed by atoms with E-state index >= 15 is 0 Å². The van der Waals surface area contributed by atoms with Crippen molar-refractivity contribution in [3.63, 3.8) is 0 Å². The van der Waals surface area contributed by atoms with Crippen LogP contribution in [0.25, 0.3) is 0 Å². The third-order valence-corrected chi connectivity index (χ3v) is 4.07. The molecule has 0 atom stereocenters. The van der Waals surface area contributed by atoms with Crippen LogP contribution in [0.15, 0.2) is 23.1 Å². The van der Waals surface area contributed by atoms with E-state index in [1.165, 1.54) is 23.1 Å². The maximum absolute atomic E-state index is 12.1. The van der Waals surface area contributed by atoms with Gasteiger partial charge in [0.2, 0.25) is 10.0 Å². The number of halogens is 1. The van der Waals surface area contributed by atoms with Gasteiger partial charge in [0, 0.05) is 32.9 Å². The highest BCUT2D eigenvalue weighted by atomic mass is 35.5. The molecule has 1 aromatic rings. The molecule has 0 aromatic heterocycles. The van der Waals surface area contributed by atoms with Gasteiger partial charge in [0.25, 0.3) is 5.91 Å². The van der Waals surface area contributed by atoms with Crippen LogP contribution in [0.2, 0.25) is 5.02 Å². The first kappa shape index (κ1) is 16.9. The number of methoxy groups -OCH3 is 1. The fourth-order valence-corrected chi connectivity index (χ4v) is 2.69. The first-order chi connectivity index (χ1) is 9.27. The highest BCUT2D eigenvalue weighted by Crippen LogP contribution is 2.22. The molecule has 0 saturated carbocycles. The predicted octanol–water partition coefficient (Wildman–Crippen LogP) is 1.10. The minimum absolute atomic E-state index is 0.00825. The zero-order chi connectivity index (χ0) is 15.3. The van der Waals surface area contributed by atoms with Gasteiger partial charge in [-0.3, -0.25) is 4.79 Å². The molecule has 0 aliphatic heterocycles. The van der Waals surface area contributed by atoms with Crippen LogP contribution in [0, 0.1) is 0 Å². The van der Waals surface area contributed by atoms with Crippen molar-refractivity contribution in [1.82, 2.24) is 4.90 Å². The molecule has 0 radical (unpaired) electrons. The fraction of sp³-hybridized carbons (Fsp3) is 0.417. The second kappa shape index (κ2) is 7.03. The van der Waals surface area contributed by atoms with Crippen LogP contribution in [0.3, 0.4) is 0 Å². The zero-order valence-corrected chi connectivity index (χ0v) is 12.9. The Morgan fingerprint density at radius 1 is 1.45 bits per heavy atom. The minimum Gasteiger partial charge on any atom is -0.385 e. The van der Waals surface area contributed by atoms with E-state index in [4.69, 9.17) is 21.5 Å². The van der Waals surface area contributed by atoms with Crippen molar-refractivity contribution in [2.24, 2.45) is 5.14 Å². The van der Waals surface area contributed by atoms with Crippen molar-refractivity contribution in [2.45, 2.75) is 11.3 Å². The Labute approximate surface area is 123 Å². The maximum atomic E-state index is 12.1. The van der Waals surface area contributed by atoms with Crippen molar-refractivity contribution in [2.75, 3.05) is 27.3 Å². The van der Waals surface area contributed by atoms with Gasteiger partial charge < -0.3 is 9.64 Å². The predicted molar refractivity (Wildman–Crippen MR) is 76.3 cm³/mol. The molecule has 0 aliphatic rings. The molecule has 1 rings (SSSR count). The van der Waals surface area contributed by atoms with E-state index in [1.54, 1.807) is 14.2 Å². The van der Waals surface area contributed by atoms with E-state index in [1.807, 2.05) is 0 Å². The van der Waals surface area contributed by atoms with Gasteiger partial charge >= 0.3 is 0 Å². The van der Waals surface area contributed by atoms with Crippen molar-refractivity contribution in [3.05, 3.63) is 28.8 Å². The van der Waals surface area contributed by atoms with E-state index in [2.05, 4.69) is 0 Å². The molecule has 112 valence electrons. The summed E-state index contributed by atoms with van der Waals surface area (Å²) in [5, 5.41) is 5.04. The first-order valence-corrected chi connectivity index (χ1v) is 7.76. The summed E-state index contributed by atoms with van der Waals surface area (Å²) in [7, 11) is -0.748. The number of carbonyl (C=O) groups is 1. The second-order valence-corrected chi connectivity index (χ2v) is 6.20. The van der Waals surface area contributed by atoms with Gasteiger partial charge in [-0.05, 0) is 24.6 Å². The minimum atomic E-state index is -3.96. The summed E-state index contributed by atoms with van der Waals surface area (Å²) < 4.78 is 27.6. The molecule has 6 nitrogen and oxygen atoms in total. The van der Waals surface area contributed by atoms with Crippen LogP contribution >= 0.6 is 11.6 Å². The molecule has 0 saturated heterocycles. The van der Waals surface area contributed by atoms with Gasteiger partial charge in [-0.15, -0.1) is 0 Å². The number of hydrogen-bond donors (Lipinski definition) is 1. The van der Waals surface area contributed by atoms with Gasteiger partial charge in [-0.1, -0.05) is 11.6 Å². The second-order valence-electron chi connectivity index (χ2n) is 4.26. The lowest BCUT2D eigenvalue weighted by atomic mass is 10.2. The number of primary sulfonamides is 1. The van der Waals surface area contributed by atoms with E-state index < -0.39 is 10.0 Å². The van der Waals surface area contributed by atoms with E-state index in [0.717, 1.165) is 0 Å². The Kier molecular flexibility index (Phi) is 5.94. The summed E-state index contributed by atoms with van der Waals surface area (Å²) in [5.41, 5.74) is 0.221. The monoisotopic (exact) mass is 320 g/mol. The molecule has 0 unspecified atom stereocenters. The van der Waals surface area contributed by atoms with E-state index in [9.17, 15) is 13.2 Å². The highest BCUT2D eigenvalue weighted by Gasteiger charge is 2.18. The van der Waals surface area contributed by atoms with Crippen molar-refractivity contribution in [3.8, 4) is 0 Å². The molecule has 1 amide bonds. The smallest absolute Gasteiger partial charge is 0.253 e. The van der Waals surface area contributed by atoms with E-state index in [-0.39, 0.29) is 21.4 Å². The van der Waals surface area contributed by atoms with Crippen LogP contribution in [0.1, 0.15) is 16.8 Å². The quantitative estimate of drug-likeness (QED) is 0.795. The molecule has 8 heteroatoms. The lowest BCUT2D eigenvalue weighted by Gasteiger charge is -2.17. The number of nitrogens with zero attached hydrogens (tertiary/aromatic N) is 1. The van der Waals surface area contributed by atoms with Crippen LogP contribution in [0.5, 0.6) is 0 Å². The average molecular weight is 321 g/mol. The SMILES string of the molecule is COCCCN(C)C(=O)c1ccc(Cl)c(S(N)(=O)=O)c1. The summed E-state index contributed by atoms with van der Waals surface area (Å²) in [6, 6.07) is 4.00. The first-order valence-electron chi connectivity index (χ1n) is 5.84. The van der Waals surface area contributed by atoms with Crippen molar-refractivity contribution >= 4 is 27.5 Å². The van der Waals surface area contributed by atoms with Gasteiger partial charge in [0.15, 0.2) is 0 Å². The van der Waals surface area contributed by atoms with Crippen LogP contribution < -0.4 is 5.14 Å². The highest BCUT2D eigenvalue weighted by molar-refractivity contribution is 7.89. The Morgan fingerprint density at radius 3 is 2.65 bits per heavy atom. The molecule has 0 bridgehead atoms. The third kappa shape index (κ3) is 4.45. The summed E-state index contributed by atoms with van der Waals surface area (Å²) in [5.74, 6) is -0.303. The van der Waals surface area contributed by atoms with Crippen LogP contribution in [-0.2, 0) is 14.8 Å².